The van der Waals surface area contributed by atoms with Gasteiger partial charge in [-0.05, 0) is 50.6 Å². The summed E-state index contributed by atoms with van der Waals surface area (Å²) in [7, 11) is 0. The molecule has 1 unspecified atom stereocenters. The molecule has 0 fully saturated rings. The average Bonchev–Trinajstić information content (AvgIpc) is 2.98. The summed E-state index contributed by atoms with van der Waals surface area (Å²) in [6.45, 7) is 5.71. The highest BCUT2D eigenvalue weighted by Crippen LogP contribution is 2.30. The van der Waals surface area contributed by atoms with E-state index in [1.165, 1.54) is 0 Å². The second-order valence-corrected chi connectivity index (χ2v) is 8.31. The zero-order valence-corrected chi connectivity index (χ0v) is 18.1. The first-order valence-corrected chi connectivity index (χ1v) is 10.5. The summed E-state index contributed by atoms with van der Waals surface area (Å²) in [5.41, 5.74) is 3.37. The summed E-state index contributed by atoms with van der Waals surface area (Å²) in [5.74, 6) is 1.34. The molecule has 1 N–H and O–H groups in total. The molecule has 0 spiro atoms. The van der Waals surface area contributed by atoms with Crippen molar-refractivity contribution in [3.8, 4) is 0 Å². The molecule has 146 valence electrons. The molecule has 0 aliphatic carbocycles. The number of hydrogen-bond donors (Lipinski definition) is 1. The van der Waals surface area contributed by atoms with Crippen LogP contribution < -0.4 is 5.32 Å². The van der Waals surface area contributed by atoms with Gasteiger partial charge in [0.15, 0.2) is 0 Å². The predicted molar refractivity (Wildman–Crippen MR) is 114 cm³/mol. The van der Waals surface area contributed by atoms with Crippen molar-refractivity contribution in [3.05, 3.63) is 80.7 Å². The Hall–Kier alpha value is -1.95. The number of rotatable bonds is 6. The predicted octanol–water partition coefficient (Wildman–Crippen LogP) is 6.38. The lowest BCUT2D eigenvalue weighted by Gasteiger charge is -2.17. The minimum Gasteiger partial charge on any atom is -0.361 e. The monoisotopic (exact) mass is 434 g/mol. The standard InChI is InChI=1S/C21H20Cl2N2O2S/c1-12(16-9-8-15(22)10-19(16)23)24-21(26)17-6-4-5-7-20(17)28-11-18-13(2)25-27-14(18)3/h4-10,12H,11H2,1-3H3,(H,24,26). The molecule has 1 aromatic heterocycles. The maximum atomic E-state index is 12.9. The van der Waals surface area contributed by atoms with Gasteiger partial charge in [-0.1, -0.05) is 46.6 Å². The number of nitrogens with zero attached hydrogens (tertiary/aromatic N) is 1. The van der Waals surface area contributed by atoms with Gasteiger partial charge in [0.05, 0.1) is 17.3 Å². The summed E-state index contributed by atoms with van der Waals surface area (Å²) in [6.07, 6.45) is 0. The SMILES string of the molecule is Cc1noc(C)c1CSc1ccccc1C(=O)NC(C)c1ccc(Cl)cc1Cl. The van der Waals surface area contributed by atoms with Crippen LogP contribution in [0.2, 0.25) is 10.0 Å². The smallest absolute Gasteiger partial charge is 0.252 e. The van der Waals surface area contributed by atoms with Crippen LogP contribution in [0.3, 0.4) is 0 Å². The van der Waals surface area contributed by atoms with Crippen molar-refractivity contribution in [2.45, 2.75) is 37.5 Å². The topological polar surface area (TPSA) is 55.1 Å². The van der Waals surface area contributed by atoms with E-state index in [2.05, 4.69) is 10.5 Å². The molecular formula is C21H20Cl2N2O2S. The van der Waals surface area contributed by atoms with Crippen molar-refractivity contribution in [2.24, 2.45) is 0 Å². The van der Waals surface area contributed by atoms with Gasteiger partial charge in [-0.15, -0.1) is 11.8 Å². The molecule has 28 heavy (non-hydrogen) atoms. The molecule has 0 aliphatic rings. The minimum atomic E-state index is -0.252. The molecule has 1 heterocycles. The number of thioether (sulfide) groups is 1. The van der Waals surface area contributed by atoms with Crippen LogP contribution in [0.15, 0.2) is 51.9 Å². The van der Waals surface area contributed by atoms with Crippen molar-refractivity contribution in [3.63, 3.8) is 0 Å². The van der Waals surface area contributed by atoms with E-state index in [1.54, 1.807) is 23.9 Å². The fourth-order valence-corrected chi connectivity index (χ4v) is 4.62. The zero-order valence-electron chi connectivity index (χ0n) is 15.8. The summed E-state index contributed by atoms with van der Waals surface area (Å²) in [6, 6.07) is 12.6. The molecule has 0 saturated heterocycles. The van der Waals surface area contributed by atoms with Gasteiger partial charge >= 0.3 is 0 Å². The van der Waals surface area contributed by atoms with Crippen LogP contribution in [-0.2, 0) is 5.75 Å². The van der Waals surface area contributed by atoms with Gasteiger partial charge in [0.1, 0.15) is 5.76 Å². The maximum Gasteiger partial charge on any atom is 0.252 e. The van der Waals surface area contributed by atoms with Gasteiger partial charge < -0.3 is 9.84 Å². The molecule has 1 amide bonds. The minimum absolute atomic E-state index is 0.152. The Morgan fingerprint density at radius 2 is 1.96 bits per heavy atom. The van der Waals surface area contributed by atoms with Crippen molar-refractivity contribution in [1.82, 2.24) is 10.5 Å². The molecule has 7 heteroatoms. The largest absolute Gasteiger partial charge is 0.361 e. The number of benzene rings is 2. The van der Waals surface area contributed by atoms with Gasteiger partial charge in [0, 0.05) is 26.3 Å². The molecule has 4 nitrogen and oxygen atoms in total. The van der Waals surface area contributed by atoms with E-state index in [0.29, 0.717) is 21.4 Å². The third kappa shape index (κ3) is 4.72. The van der Waals surface area contributed by atoms with Gasteiger partial charge in [-0.25, -0.2) is 0 Å². The quantitative estimate of drug-likeness (QED) is 0.457. The Kier molecular flexibility index (Phi) is 6.70. The van der Waals surface area contributed by atoms with Gasteiger partial charge in [0.25, 0.3) is 5.91 Å². The second kappa shape index (κ2) is 9.03. The van der Waals surface area contributed by atoms with Crippen LogP contribution in [0.25, 0.3) is 0 Å². The third-order valence-corrected chi connectivity index (χ3v) is 6.12. The van der Waals surface area contributed by atoms with Crippen molar-refractivity contribution >= 4 is 40.9 Å². The van der Waals surface area contributed by atoms with Crippen LogP contribution in [0.5, 0.6) is 0 Å². The zero-order chi connectivity index (χ0) is 20.3. The Balaban J connectivity index is 1.75. The number of carbonyl (C=O) groups excluding carboxylic acids is 1. The lowest BCUT2D eigenvalue weighted by atomic mass is 10.1. The number of amides is 1. The first-order chi connectivity index (χ1) is 13.4. The second-order valence-electron chi connectivity index (χ2n) is 6.45. The maximum absolute atomic E-state index is 12.9. The van der Waals surface area contributed by atoms with E-state index in [-0.39, 0.29) is 11.9 Å². The Bertz CT molecular complexity index is 984. The summed E-state index contributed by atoms with van der Waals surface area (Å²) in [5, 5.41) is 8.09. The summed E-state index contributed by atoms with van der Waals surface area (Å²) >= 11 is 13.8. The van der Waals surface area contributed by atoms with Crippen molar-refractivity contribution in [2.75, 3.05) is 0 Å². The van der Waals surface area contributed by atoms with Crippen LogP contribution in [0.1, 0.15) is 45.9 Å². The molecule has 0 bridgehead atoms. The van der Waals surface area contributed by atoms with Gasteiger partial charge in [-0.2, -0.15) is 0 Å². The number of carbonyl (C=O) groups is 1. The molecular weight excluding hydrogens is 415 g/mol. The lowest BCUT2D eigenvalue weighted by Crippen LogP contribution is -2.27. The molecule has 0 aliphatic heterocycles. The van der Waals surface area contributed by atoms with E-state index in [0.717, 1.165) is 27.5 Å². The Morgan fingerprint density at radius 3 is 2.64 bits per heavy atom. The highest BCUT2D eigenvalue weighted by Gasteiger charge is 2.18. The van der Waals surface area contributed by atoms with E-state index in [9.17, 15) is 4.79 Å². The number of hydrogen-bond acceptors (Lipinski definition) is 4. The normalized spacial score (nSPS) is 12.0. The van der Waals surface area contributed by atoms with Crippen LogP contribution in [-0.4, -0.2) is 11.1 Å². The molecule has 3 rings (SSSR count). The highest BCUT2D eigenvalue weighted by atomic mass is 35.5. The van der Waals surface area contributed by atoms with Crippen molar-refractivity contribution < 1.29 is 9.32 Å². The third-order valence-electron chi connectivity index (χ3n) is 4.46. The molecule has 1 atom stereocenters. The fourth-order valence-electron chi connectivity index (χ4n) is 2.84. The first-order valence-electron chi connectivity index (χ1n) is 8.76. The Morgan fingerprint density at radius 1 is 1.21 bits per heavy atom. The van der Waals surface area contributed by atoms with Crippen molar-refractivity contribution in [1.29, 1.82) is 0 Å². The van der Waals surface area contributed by atoms with E-state index in [1.807, 2.05) is 51.1 Å². The highest BCUT2D eigenvalue weighted by molar-refractivity contribution is 7.98. The number of aryl methyl sites for hydroxylation is 2. The molecule has 2 aromatic carbocycles. The molecule has 0 saturated carbocycles. The van der Waals surface area contributed by atoms with Gasteiger partial charge in [0.2, 0.25) is 0 Å². The summed E-state index contributed by atoms with van der Waals surface area (Å²) < 4.78 is 5.22. The van der Waals surface area contributed by atoms with E-state index < -0.39 is 0 Å². The number of halogens is 2. The summed E-state index contributed by atoms with van der Waals surface area (Å²) in [4.78, 5) is 13.8. The fraction of sp³-hybridized carbons (Fsp3) is 0.238. The number of aromatic nitrogens is 1. The lowest BCUT2D eigenvalue weighted by molar-refractivity contribution is 0.0937. The first kappa shape index (κ1) is 20.8. The number of nitrogens with one attached hydrogen (secondary N) is 1. The molecule has 3 aromatic rings. The molecule has 0 radical (unpaired) electrons. The Labute approximate surface area is 178 Å². The van der Waals surface area contributed by atoms with Crippen LogP contribution in [0.4, 0.5) is 0 Å². The van der Waals surface area contributed by atoms with Crippen LogP contribution >= 0.6 is 35.0 Å². The van der Waals surface area contributed by atoms with Crippen LogP contribution in [0, 0.1) is 13.8 Å². The average molecular weight is 435 g/mol. The van der Waals surface area contributed by atoms with E-state index in [4.69, 9.17) is 27.7 Å². The van der Waals surface area contributed by atoms with E-state index >= 15 is 0 Å². The van der Waals surface area contributed by atoms with Gasteiger partial charge in [-0.3, -0.25) is 4.79 Å².